The highest BCUT2D eigenvalue weighted by Crippen LogP contribution is 2.27. The molecule has 1 aromatic rings. The molecule has 2 rings (SSSR count). The van der Waals surface area contributed by atoms with Crippen molar-refractivity contribution in [3.63, 3.8) is 0 Å². The Balaban J connectivity index is 2.05. The largest absolute Gasteiger partial charge is 0.381 e. The molecule has 1 fully saturated rings. The molecule has 1 aromatic carbocycles. The van der Waals surface area contributed by atoms with Crippen LogP contribution < -0.4 is 5.32 Å². The van der Waals surface area contributed by atoms with Crippen molar-refractivity contribution in [3.05, 3.63) is 28.2 Å². The fraction of sp³-hybridized carbons (Fsp3) is 0.455. The number of halogens is 2. The van der Waals surface area contributed by atoms with Crippen LogP contribution in [0.3, 0.4) is 0 Å². The van der Waals surface area contributed by atoms with Gasteiger partial charge in [-0.3, -0.25) is 0 Å². The molecule has 0 aliphatic carbocycles. The molecule has 3 nitrogen and oxygen atoms in total. The zero-order valence-corrected chi connectivity index (χ0v) is 11.4. The summed E-state index contributed by atoms with van der Waals surface area (Å²) in [5.41, 5.74) is 0.767. The predicted molar refractivity (Wildman–Crippen MR) is 71.8 cm³/mol. The first kappa shape index (κ1) is 13.0. The maximum atomic E-state index is 11.3. The van der Waals surface area contributed by atoms with Crippen molar-refractivity contribution in [3.8, 4) is 0 Å². The lowest BCUT2D eigenvalue weighted by molar-refractivity contribution is 0.559. The molecule has 94 valence electrons. The molecular formula is C11H13Cl2NO2S. The van der Waals surface area contributed by atoms with E-state index in [4.69, 9.17) is 23.2 Å². The van der Waals surface area contributed by atoms with Gasteiger partial charge in [0.05, 0.1) is 22.2 Å². The van der Waals surface area contributed by atoms with Crippen molar-refractivity contribution < 1.29 is 8.42 Å². The molecule has 0 saturated carbocycles. The van der Waals surface area contributed by atoms with Gasteiger partial charge in [0.15, 0.2) is 0 Å². The van der Waals surface area contributed by atoms with Crippen LogP contribution in [0.5, 0.6) is 0 Å². The Kier molecular flexibility index (Phi) is 3.85. The normalized spacial score (nSPS) is 20.1. The molecule has 0 amide bonds. The molecule has 0 radical (unpaired) electrons. The van der Waals surface area contributed by atoms with Crippen molar-refractivity contribution in [2.75, 3.05) is 16.8 Å². The molecule has 0 atom stereocenters. The van der Waals surface area contributed by atoms with Gasteiger partial charge < -0.3 is 5.32 Å². The third-order valence-corrected chi connectivity index (χ3v) is 5.12. The van der Waals surface area contributed by atoms with Gasteiger partial charge in [-0.25, -0.2) is 8.42 Å². The molecule has 1 heterocycles. The third kappa shape index (κ3) is 3.50. The highest BCUT2D eigenvalue weighted by molar-refractivity contribution is 7.91. The molecule has 0 aromatic heterocycles. The summed E-state index contributed by atoms with van der Waals surface area (Å²) in [6.07, 6.45) is 1.23. The van der Waals surface area contributed by atoms with Crippen LogP contribution in [0, 0.1) is 0 Å². The minimum absolute atomic E-state index is 0.148. The van der Waals surface area contributed by atoms with Crippen LogP contribution in [0.2, 0.25) is 10.0 Å². The highest BCUT2D eigenvalue weighted by Gasteiger charge is 2.23. The Morgan fingerprint density at radius 2 is 1.82 bits per heavy atom. The summed E-state index contributed by atoms with van der Waals surface area (Å²) in [4.78, 5) is 0. The van der Waals surface area contributed by atoms with E-state index in [-0.39, 0.29) is 17.5 Å². The number of anilines is 1. The molecule has 1 aliphatic rings. The van der Waals surface area contributed by atoms with Crippen LogP contribution in [0.15, 0.2) is 18.2 Å². The SMILES string of the molecule is O=S1(=O)CCC(Nc2cc(Cl)ccc2Cl)CC1. The lowest BCUT2D eigenvalue weighted by Crippen LogP contribution is -2.32. The van der Waals surface area contributed by atoms with E-state index < -0.39 is 9.84 Å². The van der Waals surface area contributed by atoms with Gasteiger partial charge in [-0.2, -0.15) is 0 Å². The number of rotatable bonds is 2. The van der Waals surface area contributed by atoms with Gasteiger partial charge in [0.1, 0.15) is 9.84 Å². The van der Waals surface area contributed by atoms with Crippen LogP contribution >= 0.6 is 23.2 Å². The monoisotopic (exact) mass is 293 g/mol. The maximum absolute atomic E-state index is 11.3. The van der Waals surface area contributed by atoms with Crippen molar-refractivity contribution >= 4 is 38.7 Å². The molecule has 17 heavy (non-hydrogen) atoms. The van der Waals surface area contributed by atoms with Crippen molar-refractivity contribution in [1.82, 2.24) is 0 Å². The van der Waals surface area contributed by atoms with Gasteiger partial charge in [-0.15, -0.1) is 0 Å². The summed E-state index contributed by atoms with van der Waals surface area (Å²) in [6.45, 7) is 0. The van der Waals surface area contributed by atoms with Gasteiger partial charge >= 0.3 is 0 Å². The smallest absolute Gasteiger partial charge is 0.150 e. The van der Waals surface area contributed by atoms with E-state index in [0.29, 0.717) is 22.9 Å². The first-order valence-corrected chi connectivity index (χ1v) is 7.96. The van der Waals surface area contributed by atoms with Crippen LogP contribution in [0.25, 0.3) is 0 Å². The molecule has 6 heteroatoms. The summed E-state index contributed by atoms with van der Waals surface area (Å²) in [7, 11) is -2.83. The second-order valence-corrected chi connectivity index (χ2v) is 7.34. The Labute approximate surface area is 111 Å². The Bertz CT molecular complexity index is 502. The fourth-order valence-electron chi connectivity index (χ4n) is 1.86. The predicted octanol–water partition coefficient (Wildman–Crippen LogP) is 2.98. The number of nitrogens with one attached hydrogen (secondary N) is 1. The lowest BCUT2D eigenvalue weighted by Gasteiger charge is -2.24. The fourth-order valence-corrected chi connectivity index (χ4v) is 3.70. The third-order valence-electron chi connectivity index (χ3n) is 2.84. The van der Waals surface area contributed by atoms with Gasteiger partial charge in [0, 0.05) is 11.1 Å². The van der Waals surface area contributed by atoms with E-state index in [1.54, 1.807) is 18.2 Å². The van der Waals surface area contributed by atoms with Crippen LogP contribution in [0.1, 0.15) is 12.8 Å². The highest BCUT2D eigenvalue weighted by atomic mass is 35.5. The van der Waals surface area contributed by atoms with Crippen molar-refractivity contribution in [1.29, 1.82) is 0 Å². The quantitative estimate of drug-likeness (QED) is 0.912. The van der Waals surface area contributed by atoms with Crippen LogP contribution in [-0.2, 0) is 9.84 Å². The first-order valence-electron chi connectivity index (χ1n) is 5.38. The minimum Gasteiger partial charge on any atom is -0.381 e. The molecular weight excluding hydrogens is 281 g/mol. The Hall–Kier alpha value is -0.450. The summed E-state index contributed by atoms with van der Waals surface area (Å²) in [6, 6.07) is 5.36. The summed E-state index contributed by atoms with van der Waals surface area (Å²) in [5, 5.41) is 4.46. The molecule has 0 unspecified atom stereocenters. The first-order chi connectivity index (χ1) is 7.96. The van der Waals surface area contributed by atoms with Gasteiger partial charge in [-0.05, 0) is 31.0 Å². The standard InChI is InChI=1S/C11H13Cl2NO2S/c12-8-1-2-10(13)11(7-8)14-9-3-5-17(15,16)6-4-9/h1-2,7,9,14H,3-6H2. The molecule has 0 spiro atoms. The van der Waals surface area contributed by atoms with E-state index in [9.17, 15) is 8.42 Å². The molecule has 1 N–H and O–H groups in total. The average molecular weight is 294 g/mol. The number of hydrogen-bond acceptors (Lipinski definition) is 3. The van der Waals surface area contributed by atoms with Crippen LogP contribution in [-0.4, -0.2) is 26.0 Å². The maximum Gasteiger partial charge on any atom is 0.150 e. The lowest BCUT2D eigenvalue weighted by atomic mass is 10.1. The van der Waals surface area contributed by atoms with Crippen molar-refractivity contribution in [2.45, 2.75) is 18.9 Å². The molecule has 1 aliphatic heterocycles. The number of hydrogen-bond donors (Lipinski definition) is 1. The van der Waals surface area contributed by atoms with Gasteiger partial charge in [0.25, 0.3) is 0 Å². The molecule has 0 bridgehead atoms. The van der Waals surface area contributed by atoms with E-state index in [1.165, 1.54) is 0 Å². The zero-order chi connectivity index (χ0) is 12.5. The Morgan fingerprint density at radius 1 is 1.18 bits per heavy atom. The summed E-state index contributed by atoms with van der Waals surface area (Å²) in [5.74, 6) is 0.478. The average Bonchev–Trinajstić information content (AvgIpc) is 2.26. The summed E-state index contributed by atoms with van der Waals surface area (Å²) >= 11 is 11.9. The van der Waals surface area contributed by atoms with Crippen molar-refractivity contribution in [2.24, 2.45) is 0 Å². The number of benzene rings is 1. The van der Waals surface area contributed by atoms with E-state index in [0.717, 1.165) is 5.69 Å². The zero-order valence-electron chi connectivity index (χ0n) is 9.12. The second-order valence-electron chi connectivity index (χ2n) is 4.19. The van der Waals surface area contributed by atoms with E-state index in [2.05, 4.69) is 5.32 Å². The van der Waals surface area contributed by atoms with Crippen LogP contribution in [0.4, 0.5) is 5.69 Å². The topological polar surface area (TPSA) is 46.2 Å². The van der Waals surface area contributed by atoms with Gasteiger partial charge in [0.2, 0.25) is 0 Å². The number of sulfone groups is 1. The Morgan fingerprint density at radius 3 is 2.47 bits per heavy atom. The summed E-state index contributed by atoms with van der Waals surface area (Å²) < 4.78 is 22.6. The van der Waals surface area contributed by atoms with E-state index >= 15 is 0 Å². The van der Waals surface area contributed by atoms with E-state index in [1.807, 2.05) is 0 Å². The molecule has 1 saturated heterocycles. The van der Waals surface area contributed by atoms with Gasteiger partial charge in [-0.1, -0.05) is 23.2 Å². The minimum atomic E-state index is -2.83. The second kappa shape index (κ2) is 5.04.